The topological polar surface area (TPSA) is 55.6 Å². The van der Waals surface area contributed by atoms with E-state index >= 15 is 0 Å². The van der Waals surface area contributed by atoms with Crippen LogP contribution in [-0.2, 0) is 6.54 Å². The van der Waals surface area contributed by atoms with Crippen LogP contribution in [0.3, 0.4) is 0 Å². The van der Waals surface area contributed by atoms with E-state index < -0.39 is 5.82 Å². The number of thiazole rings is 1. The second kappa shape index (κ2) is 9.09. The molecule has 30 heavy (non-hydrogen) atoms. The summed E-state index contributed by atoms with van der Waals surface area (Å²) in [5, 5.41) is 0.416. The van der Waals surface area contributed by atoms with E-state index in [-0.39, 0.29) is 18.0 Å². The van der Waals surface area contributed by atoms with E-state index in [1.54, 1.807) is 54.8 Å². The number of carbonyl (C=O) groups excluding carboxylic acids is 1. The third-order valence-electron chi connectivity index (χ3n) is 4.60. The van der Waals surface area contributed by atoms with Gasteiger partial charge < -0.3 is 9.15 Å². The zero-order chi connectivity index (χ0) is 20.9. The van der Waals surface area contributed by atoms with Crippen molar-refractivity contribution in [2.24, 2.45) is 0 Å². The maximum absolute atomic E-state index is 14.1. The van der Waals surface area contributed by atoms with Crippen LogP contribution >= 0.6 is 11.3 Å². The Morgan fingerprint density at radius 2 is 2.00 bits per heavy atom. The fraction of sp³-hybridized carbons (Fsp3) is 0.217. The molecular formula is C23H21FN2O3S. The lowest BCUT2D eigenvalue weighted by Crippen LogP contribution is -2.30. The number of anilines is 1. The van der Waals surface area contributed by atoms with E-state index in [1.807, 2.05) is 0 Å². The molecule has 154 valence electrons. The van der Waals surface area contributed by atoms with Crippen LogP contribution in [0.25, 0.3) is 10.2 Å². The van der Waals surface area contributed by atoms with Crippen molar-refractivity contribution in [3.8, 4) is 5.75 Å². The van der Waals surface area contributed by atoms with Gasteiger partial charge in [0.05, 0.1) is 24.1 Å². The van der Waals surface area contributed by atoms with Gasteiger partial charge in [-0.15, -0.1) is 0 Å². The lowest BCUT2D eigenvalue weighted by Gasteiger charge is -2.19. The van der Waals surface area contributed by atoms with Crippen LogP contribution in [0.1, 0.15) is 35.9 Å². The Morgan fingerprint density at radius 1 is 1.17 bits per heavy atom. The lowest BCUT2D eigenvalue weighted by molar-refractivity contribution is 0.0983. The number of rotatable bonds is 8. The van der Waals surface area contributed by atoms with E-state index in [0.717, 1.165) is 18.6 Å². The highest BCUT2D eigenvalue weighted by Crippen LogP contribution is 2.32. The predicted molar refractivity (Wildman–Crippen MR) is 116 cm³/mol. The van der Waals surface area contributed by atoms with Crippen LogP contribution in [0.5, 0.6) is 5.75 Å². The molecule has 0 saturated heterocycles. The third-order valence-corrected chi connectivity index (χ3v) is 5.64. The summed E-state index contributed by atoms with van der Waals surface area (Å²) in [6, 6.07) is 15.4. The molecule has 4 aromatic rings. The molecule has 0 aliphatic heterocycles. The Bertz CT molecular complexity index is 1120. The zero-order valence-electron chi connectivity index (χ0n) is 16.5. The fourth-order valence-corrected chi connectivity index (χ4v) is 3.97. The number of unbranched alkanes of at least 4 members (excludes halogenated alkanes) is 1. The summed E-state index contributed by atoms with van der Waals surface area (Å²) < 4.78 is 25.9. The van der Waals surface area contributed by atoms with Gasteiger partial charge in [-0.3, -0.25) is 9.69 Å². The highest BCUT2D eigenvalue weighted by atomic mass is 32.1. The average Bonchev–Trinajstić information content (AvgIpc) is 3.43. The minimum Gasteiger partial charge on any atom is -0.494 e. The van der Waals surface area contributed by atoms with Gasteiger partial charge in [0.15, 0.2) is 5.13 Å². The number of benzene rings is 2. The first-order valence-electron chi connectivity index (χ1n) is 9.78. The van der Waals surface area contributed by atoms with Gasteiger partial charge in [-0.25, -0.2) is 9.37 Å². The van der Waals surface area contributed by atoms with Crippen LogP contribution < -0.4 is 9.64 Å². The molecule has 2 aromatic carbocycles. The summed E-state index contributed by atoms with van der Waals surface area (Å²) in [5.74, 6) is 0.683. The highest BCUT2D eigenvalue weighted by molar-refractivity contribution is 7.22. The van der Waals surface area contributed by atoms with Gasteiger partial charge in [-0.05, 0) is 55.0 Å². The molecular weight excluding hydrogens is 403 g/mol. The van der Waals surface area contributed by atoms with Crippen molar-refractivity contribution in [2.75, 3.05) is 11.5 Å². The molecule has 0 N–H and O–H groups in total. The second-order valence-corrected chi connectivity index (χ2v) is 7.79. The fourth-order valence-electron chi connectivity index (χ4n) is 2.99. The summed E-state index contributed by atoms with van der Waals surface area (Å²) >= 11 is 1.27. The molecule has 0 aliphatic carbocycles. The van der Waals surface area contributed by atoms with Gasteiger partial charge in [-0.1, -0.05) is 30.7 Å². The van der Waals surface area contributed by atoms with Crippen molar-refractivity contribution in [3.05, 3.63) is 78.0 Å². The number of ether oxygens (including phenoxy) is 1. The monoisotopic (exact) mass is 424 g/mol. The largest absolute Gasteiger partial charge is 0.494 e. The van der Waals surface area contributed by atoms with Gasteiger partial charge >= 0.3 is 0 Å². The number of hydrogen-bond acceptors (Lipinski definition) is 5. The summed E-state index contributed by atoms with van der Waals surface area (Å²) in [6.07, 6.45) is 3.59. The molecule has 0 bridgehead atoms. The molecule has 7 heteroatoms. The zero-order valence-corrected chi connectivity index (χ0v) is 17.3. The predicted octanol–water partition coefficient (Wildman–Crippen LogP) is 6.05. The molecule has 0 radical (unpaired) electrons. The van der Waals surface area contributed by atoms with Gasteiger partial charge in [0.1, 0.15) is 22.8 Å². The minimum absolute atomic E-state index is 0.196. The van der Waals surface area contributed by atoms with E-state index in [2.05, 4.69) is 11.9 Å². The van der Waals surface area contributed by atoms with Crippen LogP contribution in [0.15, 0.2) is 65.3 Å². The van der Waals surface area contributed by atoms with Crippen molar-refractivity contribution in [1.82, 2.24) is 4.98 Å². The van der Waals surface area contributed by atoms with Crippen LogP contribution in [0.4, 0.5) is 9.52 Å². The molecule has 0 saturated carbocycles. The summed E-state index contributed by atoms with van der Waals surface area (Å²) in [6.45, 7) is 2.94. The van der Waals surface area contributed by atoms with Crippen molar-refractivity contribution in [3.63, 3.8) is 0 Å². The van der Waals surface area contributed by atoms with E-state index in [4.69, 9.17) is 9.15 Å². The first-order chi connectivity index (χ1) is 14.7. The van der Waals surface area contributed by atoms with E-state index in [1.165, 1.54) is 22.3 Å². The number of hydrogen-bond donors (Lipinski definition) is 0. The number of aromatic nitrogens is 1. The highest BCUT2D eigenvalue weighted by Gasteiger charge is 2.23. The molecule has 2 heterocycles. The first-order valence-corrected chi connectivity index (χ1v) is 10.6. The molecule has 0 spiro atoms. The van der Waals surface area contributed by atoms with Crippen LogP contribution in [-0.4, -0.2) is 17.5 Å². The molecule has 2 aromatic heterocycles. The van der Waals surface area contributed by atoms with E-state index in [9.17, 15) is 9.18 Å². The number of amides is 1. The Morgan fingerprint density at radius 3 is 2.70 bits per heavy atom. The number of halogens is 1. The second-order valence-electron chi connectivity index (χ2n) is 6.78. The molecule has 0 fully saturated rings. The maximum Gasteiger partial charge on any atom is 0.260 e. The molecule has 4 rings (SSSR count). The number of nitrogens with zero attached hydrogens (tertiary/aromatic N) is 2. The Kier molecular flexibility index (Phi) is 6.09. The number of fused-ring (bicyclic) bond motifs is 1. The quantitative estimate of drug-likeness (QED) is 0.323. The van der Waals surface area contributed by atoms with Crippen LogP contribution in [0, 0.1) is 5.82 Å². The molecule has 1 amide bonds. The van der Waals surface area contributed by atoms with E-state index in [0.29, 0.717) is 27.8 Å². The Hall–Kier alpha value is -3.19. The first kappa shape index (κ1) is 20.1. The number of carbonyl (C=O) groups is 1. The van der Waals surface area contributed by atoms with Crippen LogP contribution in [0.2, 0.25) is 0 Å². The van der Waals surface area contributed by atoms with Crippen molar-refractivity contribution < 1.29 is 18.3 Å². The molecule has 0 aliphatic rings. The van der Waals surface area contributed by atoms with Crippen molar-refractivity contribution >= 4 is 32.6 Å². The van der Waals surface area contributed by atoms with Gasteiger partial charge in [0.2, 0.25) is 0 Å². The van der Waals surface area contributed by atoms with Crippen molar-refractivity contribution in [1.29, 1.82) is 0 Å². The average molecular weight is 424 g/mol. The molecule has 0 unspecified atom stereocenters. The van der Waals surface area contributed by atoms with Gasteiger partial charge in [0, 0.05) is 5.56 Å². The summed E-state index contributed by atoms with van der Waals surface area (Å²) in [7, 11) is 0. The number of para-hydroxylation sites is 1. The Labute approximate surface area is 177 Å². The normalized spacial score (nSPS) is 11.0. The lowest BCUT2D eigenvalue weighted by atomic mass is 10.2. The maximum atomic E-state index is 14.1. The van der Waals surface area contributed by atoms with Gasteiger partial charge in [0.25, 0.3) is 5.91 Å². The molecule has 5 nitrogen and oxygen atoms in total. The minimum atomic E-state index is -0.408. The summed E-state index contributed by atoms with van der Waals surface area (Å²) in [5.41, 5.74) is 0.749. The SMILES string of the molecule is CCCCOc1ccc(C(=O)N(Cc2ccco2)c2nc3c(F)cccc3s2)cc1. The third kappa shape index (κ3) is 4.36. The number of furan rings is 1. The summed E-state index contributed by atoms with van der Waals surface area (Å²) in [4.78, 5) is 19.2. The molecule has 0 atom stereocenters. The Balaban J connectivity index is 1.63. The van der Waals surface area contributed by atoms with Gasteiger partial charge in [-0.2, -0.15) is 0 Å². The smallest absolute Gasteiger partial charge is 0.260 e. The standard InChI is InChI=1S/C23H21FN2O3S/c1-2-3-13-28-17-11-9-16(10-12-17)22(27)26(15-18-6-5-14-29-18)23-25-21-19(24)7-4-8-20(21)30-23/h4-12,14H,2-3,13,15H2,1H3. The van der Waals surface area contributed by atoms with Crippen molar-refractivity contribution in [2.45, 2.75) is 26.3 Å².